The van der Waals surface area contributed by atoms with Gasteiger partial charge in [-0.3, -0.25) is 4.79 Å². The van der Waals surface area contributed by atoms with Crippen molar-refractivity contribution in [3.05, 3.63) is 58.6 Å². The van der Waals surface area contributed by atoms with Gasteiger partial charge in [0, 0.05) is 23.3 Å². The molecule has 0 saturated carbocycles. The number of hydrogen-bond donors (Lipinski definition) is 2. The van der Waals surface area contributed by atoms with Crippen LogP contribution in [-0.2, 0) is 0 Å². The largest absolute Gasteiger partial charge is 0.478 e. The highest BCUT2D eigenvalue weighted by atomic mass is 35.5. The third-order valence-electron chi connectivity index (χ3n) is 2.97. The van der Waals surface area contributed by atoms with Crippen LogP contribution in [0.1, 0.15) is 20.7 Å². The Morgan fingerprint density at radius 2 is 1.86 bits per heavy atom. The summed E-state index contributed by atoms with van der Waals surface area (Å²) < 4.78 is 0. The van der Waals surface area contributed by atoms with Gasteiger partial charge in [-0.05, 0) is 30.3 Å². The van der Waals surface area contributed by atoms with E-state index in [-0.39, 0.29) is 5.56 Å². The van der Waals surface area contributed by atoms with Crippen LogP contribution in [0.15, 0.2) is 42.5 Å². The van der Waals surface area contributed by atoms with Gasteiger partial charge in [-0.2, -0.15) is 0 Å². The lowest BCUT2D eigenvalue weighted by atomic mass is 10.1. The molecule has 5 nitrogen and oxygen atoms in total. The topological polar surface area (TPSA) is 83.6 Å². The molecule has 2 aromatic rings. The Kier molecular flexibility index (Phi) is 4.14. The zero-order valence-electron chi connectivity index (χ0n) is 11.2. The first kappa shape index (κ1) is 14.9. The van der Waals surface area contributed by atoms with Crippen LogP contribution in [0.5, 0.6) is 0 Å². The summed E-state index contributed by atoms with van der Waals surface area (Å²) in [5.41, 5.74) is 6.67. The molecule has 0 atom stereocenters. The Morgan fingerprint density at radius 1 is 1.19 bits per heavy atom. The molecule has 2 rings (SSSR count). The third kappa shape index (κ3) is 3.14. The predicted octanol–water partition coefficient (Wildman–Crippen LogP) is 2.90. The van der Waals surface area contributed by atoms with Gasteiger partial charge in [0.2, 0.25) is 0 Å². The van der Waals surface area contributed by atoms with E-state index >= 15 is 0 Å². The standard InChI is InChI=1S/C15H13ClN2O3/c1-18(13-5-3-2-4-12(13)15(20)21)14(19)9-6-10(16)8-11(17)7-9/h2-8H,17H2,1H3,(H,20,21). The maximum absolute atomic E-state index is 12.4. The first-order valence-corrected chi connectivity index (χ1v) is 6.44. The maximum atomic E-state index is 12.4. The van der Waals surface area contributed by atoms with Crippen molar-refractivity contribution in [2.24, 2.45) is 0 Å². The molecule has 0 spiro atoms. The summed E-state index contributed by atoms with van der Waals surface area (Å²) in [7, 11) is 1.50. The summed E-state index contributed by atoms with van der Waals surface area (Å²) in [5.74, 6) is -1.49. The van der Waals surface area contributed by atoms with Crippen LogP contribution < -0.4 is 10.6 Å². The second kappa shape index (κ2) is 5.85. The Balaban J connectivity index is 2.42. The van der Waals surface area contributed by atoms with E-state index in [2.05, 4.69) is 0 Å². The number of rotatable bonds is 3. The predicted molar refractivity (Wildman–Crippen MR) is 82.0 cm³/mol. The second-order valence-corrected chi connectivity index (χ2v) is 4.90. The van der Waals surface area contributed by atoms with Crippen LogP contribution >= 0.6 is 11.6 Å². The minimum absolute atomic E-state index is 0.0448. The minimum atomic E-state index is -1.10. The average molecular weight is 305 g/mol. The zero-order valence-corrected chi connectivity index (χ0v) is 12.0. The highest BCUT2D eigenvalue weighted by molar-refractivity contribution is 6.31. The van der Waals surface area contributed by atoms with Crippen LogP contribution in [-0.4, -0.2) is 24.0 Å². The summed E-state index contributed by atoms with van der Waals surface area (Å²) in [6.07, 6.45) is 0. The lowest BCUT2D eigenvalue weighted by Gasteiger charge is -2.19. The fourth-order valence-electron chi connectivity index (χ4n) is 1.99. The molecule has 0 aliphatic rings. The monoisotopic (exact) mass is 304 g/mol. The van der Waals surface area contributed by atoms with Crippen molar-refractivity contribution in [3.63, 3.8) is 0 Å². The molecular formula is C15H13ClN2O3. The number of nitrogens with two attached hydrogens (primary N) is 1. The van der Waals surface area contributed by atoms with Crippen LogP contribution in [0.2, 0.25) is 5.02 Å². The second-order valence-electron chi connectivity index (χ2n) is 4.46. The van der Waals surface area contributed by atoms with Crippen molar-refractivity contribution in [2.45, 2.75) is 0 Å². The average Bonchev–Trinajstić information content (AvgIpc) is 2.44. The number of nitrogens with zero attached hydrogens (tertiary/aromatic N) is 1. The molecule has 0 fully saturated rings. The summed E-state index contributed by atoms with van der Waals surface area (Å²) >= 11 is 5.88. The van der Waals surface area contributed by atoms with Crippen molar-refractivity contribution in [3.8, 4) is 0 Å². The molecule has 0 aliphatic carbocycles. The molecule has 1 amide bonds. The summed E-state index contributed by atoms with van der Waals surface area (Å²) in [6.45, 7) is 0. The molecule has 0 aliphatic heterocycles. The van der Waals surface area contributed by atoms with E-state index in [0.29, 0.717) is 22.0 Å². The van der Waals surface area contributed by atoms with E-state index in [1.807, 2.05) is 0 Å². The number of nitrogen functional groups attached to an aromatic ring is 1. The van der Waals surface area contributed by atoms with Gasteiger partial charge < -0.3 is 15.7 Å². The van der Waals surface area contributed by atoms with Crippen molar-refractivity contribution in [1.82, 2.24) is 0 Å². The quantitative estimate of drug-likeness (QED) is 0.854. The van der Waals surface area contributed by atoms with E-state index in [1.54, 1.807) is 18.2 Å². The molecule has 0 bridgehead atoms. The van der Waals surface area contributed by atoms with E-state index < -0.39 is 11.9 Å². The fraction of sp³-hybridized carbons (Fsp3) is 0.0667. The molecule has 0 saturated heterocycles. The number of anilines is 2. The van der Waals surface area contributed by atoms with Gasteiger partial charge in [-0.25, -0.2) is 4.79 Å². The molecule has 3 N–H and O–H groups in total. The number of carboxylic acid groups (broad SMARTS) is 1. The molecule has 0 radical (unpaired) electrons. The Morgan fingerprint density at radius 3 is 2.48 bits per heavy atom. The molecule has 0 unspecified atom stereocenters. The normalized spacial score (nSPS) is 10.2. The van der Waals surface area contributed by atoms with E-state index in [4.69, 9.17) is 17.3 Å². The van der Waals surface area contributed by atoms with E-state index in [0.717, 1.165) is 0 Å². The highest BCUT2D eigenvalue weighted by Crippen LogP contribution is 2.23. The van der Waals surface area contributed by atoms with Crippen LogP contribution in [0, 0.1) is 0 Å². The van der Waals surface area contributed by atoms with Gasteiger partial charge >= 0.3 is 5.97 Å². The zero-order chi connectivity index (χ0) is 15.6. The van der Waals surface area contributed by atoms with Crippen LogP contribution in [0.3, 0.4) is 0 Å². The number of benzene rings is 2. The first-order valence-electron chi connectivity index (χ1n) is 6.06. The number of aromatic carboxylic acids is 1. The van der Waals surface area contributed by atoms with Crippen molar-refractivity contribution < 1.29 is 14.7 Å². The molecule has 0 heterocycles. The lowest BCUT2D eigenvalue weighted by molar-refractivity contribution is 0.0697. The van der Waals surface area contributed by atoms with Crippen LogP contribution in [0.4, 0.5) is 11.4 Å². The summed E-state index contributed by atoms with van der Waals surface area (Å²) in [4.78, 5) is 24.9. The van der Waals surface area contributed by atoms with Gasteiger partial charge in [0.15, 0.2) is 0 Å². The molecule has 108 valence electrons. The number of hydrogen-bond acceptors (Lipinski definition) is 3. The highest BCUT2D eigenvalue weighted by Gasteiger charge is 2.19. The number of carbonyl (C=O) groups excluding carboxylic acids is 1. The fourth-order valence-corrected chi connectivity index (χ4v) is 2.23. The van der Waals surface area contributed by atoms with E-state index in [1.165, 1.54) is 36.2 Å². The number of amides is 1. The number of para-hydroxylation sites is 1. The minimum Gasteiger partial charge on any atom is -0.478 e. The van der Waals surface area contributed by atoms with Crippen molar-refractivity contribution in [1.29, 1.82) is 0 Å². The van der Waals surface area contributed by atoms with Gasteiger partial charge in [-0.15, -0.1) is 0 Å². The first-order chi connectivity index (χ1) is 9.90. The maximum Gasteiger partial charge on any atom is 0.337 e. The molecule has 6 heteroatoms. The smallest absolute Gasteiger partial charge is 0.337 e. The van der Waals surface area contributed by atoms with Crippen molar-refractivity contribution >= 4 is 34.9 Å². The molecule has 21 heavy (non-hydrogen) atoms. The lowest BCUT2D eigenvalue weighted by Crippen LogP contribution is -2.28. The molecular weight excluding hydrogens is 292 g/mol. The number of carbonyl (C=O) groups is 2. The Hall–Kier alpha value is -2.53. The van der Waals surface area contributed by atoms with Gasteiger partial charge in [-0.1, -0.05) is 23.7 Å². The summed E-state index contributed by atoms with van der Waals surface area (Å²) in [6, 6.07) is 10.8. The Labute approximate surface area is 126 Å². The van der Waals surface area contributed by atoms with Gasteiger partial charge in [0.05, 0.1) is 11.3 Å². The van der Waals surface area contributed by atoms with Crippen molar-refractivity contribution in [2.75, 3.05) is 17.7 Å². The Bertz CT molecular complexity index is 696. The molecule has 0 aromatic heterocycles. The third-order valence-corrected chi connectivity index (χ3v) is 3.19. The van der Waals surface area contributed by atoms with Gasteiger partial charge in [0.1, 0.15) is 0 Å². The summed E-state index contributed by atoms with van der Waals surface area (Å²) in [5, 5.41) is 9.52. The number of carboxylic acids is 1. The molecule has 2 aromatic carbocycles. The number of halogens is 1. The van der Waals surface area contributed by atoms with Crippen LogP contribution in [0.25, 0.3) is 0 Å². The SMILES string of the molecule is CN(C(=O)c1cc(N)cc(Cl)c1)c1ccccc1C(=O)O. The van der Waals surface area contributed by atoms with Gasteiger partial charge in [0.25, 0.3) is 5.91 Å². The van der Waals surface area contributed by atoms with E-state index in [9.17, 15) is 14.7 Å².